The van der Waals surface area contributed by atoms with Crippen LogP contribution in [0.5, 0.6) is 0 Å². The van der Waals surface area contributed by atoms with Crippen LogP contribution in [0.15, 0.2) is 0 Å². The molecule has 0 saturated heterocycles. The minimum atomic E-state index is 0.0982. The lowest BCUT2D eigenvalue weighted by molar-refractivity contribution is -0.161. The normalized spacial score (nSPS) is 55.0. The van der Waals surface area contributed by atoms with Gasteiger partial charge >= 0.3 is 0 Å². The van der Waals surface area contributed by atoms with Gasteiger partial charge in [-0.25, -0.2) is 0 Å². The molecule has 2 bridgehead atoms. The average Bonchev–Trinajstić information content (AvgIpc) is 2.59. The molecule has 0 amide bonds. The van der Waals surface area contributed by atoms with Gasteiger partial charge in [-0.15, -0.1) is 0 Å². The van der Waals surface area contributed by atoms with Crippen LogP contribution in [0.4, 0.5) is 0 Å². The van der Waals surface area contributed by atoms with Crippen LogP contribution in [0.25, 0.3) is 0 Å². The number of Topliss-reactive ketones (excluding diaryl/α,β-unsaturated/α-hetero) is 1. The lowest BCUT2D eigenvalue weighted by atomic mass is 9.41. The van der Waals surface area contributed by atoms with E-state index in [1.165, 1.54) is 51.4 Å². The standard InChI is InChI=1S/C20H32O/c1-13-14-6-7-16-19(4)10-5-9-18(2,3)15(19)8-11-20(16,12-14)17(13)21/h13-16H,5-12H2,1-4H3/t13-,14+,15+,16-,19+,20+/m0/s1. The number of hydrogen-bond donors (Lipinski definition) is 0. The minimum absolute atomic E-state index is 0.0982. The van der Waals surface area contributed by atoms with E-state index in [0.717, 1.165) is 5.92 Å². The number of fused-ring (bicyclic) bond motifs is 3. The second-order valence-corrected chi connectivity index (χ2v) is 9.84. The van der Waals surface area contributed by atoms with Gasteiger partial charge in [0.25, 0.3) is 0 Å². The largest absolute Gasteiger partial charge is 0.299 e. The summed E-state index contributed by atoms with van der Waals surface area (Å²) in [6.07, 6.45) is 10.6. The number of carbonyl (C=O) groups excluding carboxylic acids is 1. The van der Waals surface area contributed by atoms with Gasteiger partial charge in [-0.2, -0.15) is 0 Å². The van der Waals surface area contributed by atoms with E-state index in [9.17, 15) is 4.79 Å². The maximum absolute atomic E-state index is 13.1. The Morgan fingerprint density at radius 3 is 2.48 bits per heavy atom. The highest BCUT2D eigenvalue weighted by atomic mass is 16.1. The van der Waals surface area contributed by atoms with E-state index in [1.807, 2.05) is 0 Å². The first-order valence-corrected chi connectivity index (χ1v) is 9.36. The summed E-state index contributed by atoms with van der Waals surface area (Å²) in [4.78, 5) is 13.1. The van der Waals surface area contributed by atoms with Crippen LogP contribution in [0.3, 0.4) is 0 Å². The second kappa shape index (κ2) is 4.15. The van der Waals surface area contributed by atoms with Gasteiger partial charge in [0.2, 0.25) is 0 Å². The van der Waals surface area contributed by atoms with Crippen LogP contribution < -0.4 is 0 Å². The molecule has 0 aromatic carbocycles. The van der Waals surface area contributed by atoms with E-state index in [-0.39, 0.29) is 5.41 Å². The van der Waals surface area contributed by atoms with Crippen LogP contribution in [0.2, 0.25) is 0 Å². The second-order valence-electron chi connectivity index (χ2n) is 9.84. The van der Waals surface area contributed by atoms with Gasteiger partial charge in [0.1, 0.15) is 5.78 Å². The van der Waals surface area contributed by atoms with Gasteiger partial charge in [0, 0.05) is 11.3 Å². The zero-order chi connectivity index (χ0) is 15.0. The van der Waals surface area contributed by atoms with E-state index in [4.69, 9.17) is 0 Å². The summed E-state index contributed by atoms with van der Waals surface area (Å²) in [5.74, 6) is 3.27. The molecular formula is C20H32O. The van der Waals surface area contributed by atoms with Gasteiger partial charge in [0.15, 0.2) is 0 Å². The summed E-state index contributed by atoms with van der Waals surface area (Å²) in [5, 5.41) is 0. The molecule has 4 saturated carbocycles. The molecule has 0 N–H and O–H groups in total. The molecule has 0 unspecified atom stereocenters. The van der Waals surface area contributed by atoms with Crippen LogP contribution in [0, 0.1) is 39.9 Å². The molecular weight excluding hydrogens is 256 g/mol. The fourth-order valence-corrected chi connectivity index (χ4v) is 7.80. The molecule has 0 aliphatic heterocycles. The maximum Gasteiger partial charge on any atom is 0.142 e. The molecule has 1 spiro atoms. The summed E-state index contributed by atoms with van der Waals surface area (Å²) < 4.78 is 0. The van der Waals surface area contributed by atoms with Crippen molar-refractivity contribution in [3.63, 3.8) is 0 Å². The Morgan fingerprint density at radius 1 is 0.952 bits per heavy atom. The number of hydrogen-bond acceptors (Lipinski definition) is 1. The Balaban J connectivity index is 1.77. The highest BCUT2D eigenvalue weighted by molar-refractivity contribution is 5.90. The van der Waals surface area contributed by atoms with Gasteiger partial charge < -0.3 is 0 Å². The summed E-state index contributed by atoms with van der Waals surface area (Å²) in [6.45, 7) is 9.79. The fraction of sp³-hybridized carbons (Fsp3) is 0.950. The SMILES string of the molecule is C[C@@H]1C(=O)[C@@]23CC[C@@H]4C(C)(C)CCC[C@@]4(C)[C@@H]2CC[C@@H]1C3. The summed E-state index contributed by atoms with van der Waals surface area (Å²) in [6, 6.07) is 0. The molecule has 1 heteroatoms. The molecule has 0 radical (unpaired) electrons. The third kappa shape index (κ3) is 1.61. The van der Waals surface area contributed by atoms with E-state index < -0.39 is 0 Å². The van der Waals surface area contributed by atoms with E-state index in [0.29, 0.717) is 34.4 Å². The predicted octanol–water partition coefficient (Wildman–Crippen LogP) is 5.23. The third-order valence-electron chi connectivity index (χ3n) is 8.68. The maximum atomic E-state index is 13.1. The summed E-state index contributed by atoms with van der Waals surface area (Å²) in [5.41, 5.74) is 1.02. The number of ketones is 1. The highest BCUT2D eigenvalue weighted by Gasteiger charge is 2.66. The number of carbonyl (C=O) groups is 1. The van der Waals surface area contributed by atoms with Crippen molar-refractivity contribution in [3.8, 4) is 0 Å². The molecule has 118 valence electrons. The van der Waals surface area contributed by atoms with E-state index >= 15 is 0 Å². The van der Waals surface area contributed by atoms with Gasteiger partial charge in [-0.3, -0.25) is 4.79 Å². The van der Waals surface area contributed by atoms with Crippen molar-refractivity contribution in [1.82, 2.24) is 0 Å². The number of rotatable bonds is 0. The monoisotopic (exact) mass is 288 g/mol. The lowest BCUT2D eigenvalue weighted by Gasteiger charge is -2.63. The Bertz CT molecular complexity index is 478. The van der Waals surface area contributed by atoms with Gasteiger partial charge in [-0.05, 0) is 73.5 Å². The molecule has 0 aromatic heterocycles. The predicted molar refractivity (Wildman–Crippen MR) is 85.9 cm³/mol. The van der Waals surface area contributed by atoms with Crippen molar-refractivity contribution in [2.75, 3.05) is 0 Å². The highest BCUT2D eigenvalue weighted by Crippen LogP contribution is 2.71. The molecule has 1 nitrogen and oxygen atoms in total. The van der Waals surface area contributed by atoms with Crippen molar-refractivity contribution in [3.05, 3.63) is 0 Å². The van der Waals surface area contributed by atoms with Crippen molar-refractivity contribution in [2.45, 2.75) is 79.1 Å². The fourth-order valence-electron chi connectivity index (χ4n) is 7.80. The van der Waals surface area contributed by atoms with Crippen LogP contribution in [0.1, 0.15) is 79.1 Å². The molecule has 4 aliphatic carbocycles. The molecule has 6 atom stereocenters. The van der Waals surface area contributed by atoms with Crippen LogP contribution in [-0.2, 0) is 4.79 Å². The van der Waals surface area contributed by atoms with E-state index in [1.54, 1.807) is 0 Å². The zero-order valence-electron chi connectivity index (χ0n) is 14.4. The van der Waals surface area contributed by atoms with Crippen molar-refractivity contribution in [2.24, 2.45) is 39.9 Å². The molecule has 4 rings (SSSR count). The first-order valence-electron chi connectivity index (χ1n) is 9.36. The summed E-state index contributed by atoms with van der Waals surface area (Å²) in [7, 11) is 0. The Morgan fingerprint density at radius 2 is 1.71 bits per heavy atom. The quantitative estimate of drug-likeness (QED) is 0.596. The first-order chi connectivity index (χ1) is 9.81. The molecule has 21 heavy (non-hydrogen) atoms. The van der Waals surface area contributed by atoms with Gasteiger partial charge in [0.05, 0.1) is 0 Å². The first kappa shape index (κ1) is 14.3. The zero-order valence-corrected chi connectivity index (χ0v) is 14.4. The summed E-state index contributed by atoms with van der Waals surface area (Å²) >= 11 is 0. The van der Waals surface area contributed by atoms with Crippen LogP contribution in [-0.4, -0.2) is 5.78 Å². The molecule has 4 fully saturated rings. The van der Waals surface area contributed by atoms with Crippen molar-refractivity contribution >= 4 is 5.78 Å². The smallest absolute Gasteiger partial charge is 0.142 e. The molecule has 0 heterocycles. The Kier molecular flexibility index (Phi) is 2.82. The topological polar surface area (TPSA) is 17.1 Å². The molecule has 4 aliphatic rings. The van der Waals surface area contributed by atoms with Crippen LogP contribution >= 0.6 is 0 Å². The Labute approximate surface area is 130 Å². The Hall–Kier alpha value is -0.330. The molecule has 0 aromatic rings. The van der Waals surface area contributed by atoms with Gasteiger partial charge in [-0.1, -0.05) is 34.1 Å². The lowest BCUT2D eigenvalue weighted by Crippen LogP contribution is -2.57. The van der Waals surface area contributed by atoms with E-state index in [2.05, 4.69) is 27.7 Å². The average molecular weight is 288 g/mol. The van der Waals surface area contributed by atoms with Crippen molar-refractivity contribution < 1.29 is 4.79 Å². The third-order valence-corrected chi connectivity index (χ3v) is 8.68. The van der Waals surface area contributed by atoms with Crippen molar-refractivity contribution in [1.29, 1.82) is 0 Å². The minimum Gasteiger partial charge on any atom is -0.299 e.